The van der Waals surface area contributed by atoms with Crippen molar-refractivity contribution in [2.75, 3.05) is 0 Å². The Morgan fingerprint density at radius 1 is 1.24 bits per heavy atom. The first-order valence-corrected chi connectivity index (χ1v) is 6.39. The monoisotopic (exact) mass is 243 g/mol. The molecule has 0 spiro atoms. The van der Waals surface area contributed by atoms with E-state index in [1.54, 1.807) is 20.8 Å². The summed E-state index contributed by atoms with van der Waals surface area (Å²) in [5.74, 6) is -0.836. The summed E-state index contributed by atoms with van der Waals surface area (Å²) < 4.78 is 0. The van der Waals surface area contributed by atoms with Crippen molar-refractivity contribution < 1.29 is 14.7 Å². The number of unbranched alkanes of at least 4 members (excludes halogenated alkanes) is 2. The van der Waals surface area contributed by atoms with Crippen LogP contribution in [0.25, 0.3) is 0 Å². The molecule has 0 saturated heterocycles. The molecular formula is C13H25NO3. The minimum atomic E-state index is -0.877. The summed E-state index contributed by atoms with van der Waals surface area (Å²) >= 11 is 0. The minimum absolute atomic E-state index is 0.0410. The number of Topliss-reactive ketones (excluding diaryl/α,β-unsaturated/α-hetero) is 1. The second-order valence-electron chi connectivity index (χ2n) is 4.93. The van der Waals surface area contributed by atoms with Crippen LogP contribution in [0.2, 0.25) is 0 Å². The Hall–Kier alpha value is -0.900. The molecule has 0 aromatic heterocycles. The van der Waals surface area contributed by atoms with Crippen LogP contribution in [-0.2, 0) is 9.59 Å². The van der Waals surface area contributed by atoms with E-state index >= 15 is 0 Å². The number of carboxylic acid groups (broad SMARTS) is 1. The lowest BCUT2D eigenvalue weighted by Gasteiger charge is -2.28. The zero-order valence-electron chi connectivity index (χ0n) is 11.4. The van der Waals surface area contributed by atoms with Gasteiger partial charge < -0.3 is 5.11 Å². The molecular weight excluding hydrogens is 218 g/mol. The van der Waals surface area contributed by atoms with Crippen molar-refractivity contribution in [3.05, 3.63) is 0 Å². The van der Waals surface area contributed by atoms with E-state index in [4.69, 9.17) is 5.11 Å². The molecule has 2 N–H and O–H groups in total. The van der Waals surface area contributed by atoms with Crippen molar-refractivity contribution in [1.82, 2.24) is 5.32 Å². The number of aliphatic carboxylic acids is 1. The Kier molecular flexibility index (Phi) is 7.04. The van der Waals surface area contributed by atoms with Gasteiger partial charge in [0.15, 0.2) is 5.78 Å². The van der Waals surface area contributed by atoms with Crippen LogP contribution in [0.4, 0.5) is 0 Å². The van der Waals surface area contributed by atoms with Crippen LogP contribution in [0.1, 0.15) is 59.8 Å². The molecule has 0 radical (unpaired) electrons. The third kappa shape index (κ3) is 5.82. The lowest BCUT2D eigenvalue weighted by molar-refractivity contribution is -0.140. The smallest absolute Gasteiger partial charge is 0.320 e. The highest BCUT2D eigenvalue weighted by molar-refractivity contribution is 5.88. The third-order valence-electron chi connectivity index (χ3n) is 2.95. The quantitative estimate of drug-likeness (QED) is 0.610. The number of nitrogens with one attached hydrogen (secondary N) is 1. The van der Waals surface area contributed by atoms with Gasteiger partial charge in [0.25, 0.3) is 0 Å². The Balaban J connectivity index is 4.43. The molecule has 0 aromatic carbocycles. The lowest BCUT2D eigenvalue weighted by Crippen LogP contribution is -2.54. The van der Waals surface area contributed by atoms with Crippen LogP contribution in [0.5, 0.6) is 0 Å². The zero-order chi connectivity index (χ0) is 13.5. The summed E-state index contributed by atoms with van der Waals surface area (Å²) in [5, 5.41) is 12.1. The SMILES string of the molecule is CCCCC[C@H](NC(C)(C)C(=O)CC)C(=O)O. The standard InChI is InChI=1S/C13H25NO3/c1-5-7-8-9-10(12(16)17)14-13(3,4)11(15)6-2/h10,14H,5-9H2,1-4H3,(H,16,17)/t10-/m0/s1. The first kappa shape index (κ1) is 16.1. The largest absolute Gasteiger partial charge is 0.480 e. The highest BCUT2D eigenvalue weighted by atomic mass is 16.4. The van der Waals surface area contributed by atoms with Gasteiger partial charge in [-0.3, -0.25) is 14.9 Å². The maximum atomic E-state index is 11.7. The Bertz CT molecular complexity index is 261. The molecule has 0 aliphatic carbocycles. The summed E-state index contributed by atoms with van der Waals surface area (Å²) in [6, 6.07) is -0.632. The number of carbonyl (C=O) groups excluding carboxylic acids is 1. The van der Waals surface area contributed by atoms with E-state index in [2.05, 4.69) is 12.2 Å². The number of carbonyl (C=O) groups is 2. The maximum Gasteiger partial charge on any atom is 0.320 e. The van der Waals surface area contributed by atoms with E-state index < -0.39 is 17.6 Å². The van der Waals surface area contributed by atoms with Crippen molar-refractivity contribution in [1.29, 1.82) is 0 Å². The van der Waals surface area contributed by atoms with Gasteiger partial charge in [-0.15, -0.1) is 0 Å². The van der Waals surface area contributed by atoms with Crippen LogP contribution in [-0.4, -0.2) is 28.4 Å². The second-order valence-corrected chi connectivity index (χ2v) is 4.93. The van der Waals surface area contributed by atoms with E-state index in [0.717, 1.165) is 19.3 Å². The Labute approximate surface area is 104 Å². The second kappa shape index (κ2) is 7.43. The number of rotatable bonds is 9. The van der Waals surface area contributed by atoms with E-state index in [-0.39, 0.29) is 5.78 Å². The molecule has 4 heteroatoms. The van der Waals surface area contributed by atoms with Crippen molar-refractivity contribution in [3.63, 3.8) is 0 Å². The molecule has 0 unspecified atom stereocenters. The topological polar surface area (TPSA) is 66.4 Å². The first-order chi connectivity index (χ1) is 7.85. The van der Waals surface area contributed by atoms with Gasteiger partial charge in [0, 0.05) is 6.42 Å². The van der Waals surface area contributed by atoms with Gasteiger partial charge in [0.05, 0.1) is 5.54 Å². The molecule has 0 rings (SSSR count). The molecule has 0 aromatic rings. The summed E-state index contributed by atoms with van der Waals surface area (Å²) in [5.41, 5.74) is -0.760. The van der Waals surface area contributed by atoms with Gasteiger partial charge in [-0.05, 0) is 20.3 Å². The molecule has 4 nitrogen and oxygen atoms in total. The van der Waals surface area contributed by atoms with E-state index in [1.807, 2.05) is 0 Å². The average molecular weight is 243 g/mol. The fourth-order valence-corrected chi connectivity index (χ4v) is 1.81. The predicted octanol–water partition coefficient (Wildman–Crippen LogP) is 2.37. The number of hydrogen-bond acceptors (Lipinski definition) is 3. The molecule has 1 atom stereocenters. The predicted molar refractivity (Wildman–Crippen MR) is 68.1 cm³/mol. The summed E-state index contributed by atoms with van der Waals surface area (Å²) in [4.78, 5) is 22.8. The molecule has 0 fully saturated rings. The van der Waals surface area contributed by atoms with Crippen LogP contribution in [0.15, 0.2) is 0 Å². The van der Waals surface area contributed by atoms with Crippen LogP contribution >= 0.6 is 0 Å². The fourth-order valence-electron chi connectivity index (χ4n) is 1.81. The highest BCUT2D eigenvalue weighted by Gasteiger charge is 2.31. The van der Waals surface area contributed by atoms with Crippen LogP contribution < -0.4 is 5.32 Å². The molecule has 0 amide bonds. The number of ketones is 1. The zero-order valence-corrected chi connectivity index (χ0v) is 11.4. The number of carboxylic acids is 1. The molecule has 17 heavy (non-hydrogen) atoms. The van der Waals surface area contributed by atoms with Gasteiger partial charge in [-0.1, -0.05) is 33.1 Å². The normalized spacial score (nSPS) is 13.4. The minimum Gasteiger partial charge on any atom is -0.480 e. The Morgan fingerprint density at radius 3 is 2.24 bits per heavy atom. The van der Waals surface area contributed by atoms with E-state index in [9.17, 15) is 9.59 Å². The molecule has 0 bridgehead atoms. The fraction of sp³-hybridized carbons (Fsp3) is 0.846. The van der Waals surface area contributed by atoms with Crippen molar-refractivity contribution in [2.24, 2.45) is 0 Å². The van der Waals surface area contributed by atoms with Gasteiger partial charge in [0.1, 0.15) is 6.04 Å². The maximum absolute atomic E-state index is 11.7. The molecule has 0 heterocycles. The van der Waals surface area contributed by atoms with Gasteiger partial charge in [-0.2, -0.15) is 0 Å². The average Bonchev–Trinajstić information content (AvgIpc) is 2.26. The van der Waals surface area contributed by atoms with Crippen molar-refractivity contribution in [2.45, 2.75) is 71.4 Å². The highest BCUT2D eigenvalue weighted by Crippen LogP contribution is 2.12. The summed E-state index contributed by atoms with van der Waals surface area (Å²) in [7, 11) is 0. The molecule has 0 aliphatic heterocycles. The van der Waals surface area contributed by atoms with E-state index in [0.29, 0.717) is 12.8 Å². The van der Waals surface area contributed by atoms with E-state index in [1.165, 1.54) is 0 Å². The van der Waals surface area contributed by atoms with Crippen molar-refractivity contribution in [3.8, 4) is 0 Å². The molecule has 100 valence electrons. The Morgan fingerprint density at radius 2 is 1.82 bits per heavy atom. The lowest BCUT2D eigenvalue weighted by atomic mass is 9.94. The third-order valence-corrected chi connectivity index (χ3v) is 2.95. The van der Waals surface area contributed by atoms with Crippen LogP contribution in [0, 0.1) is 0 Å². The van der Waals surface area contributed by atoms with Gasteiger partial charge in [0.2, 0.25) is 0 Å². The summed E-state index contributed by atoms with van der Waals surface area (Å²) in [6.45, 7) is 7.36. The molecule has 0 saturated carbocycles. The van der Waals surface area contributed by atoms with Crippen LogP contribution in [0.3, 0.4) is 0 Å². The summed E-state index contributed by atoms with van der Waals surface area (Å²) in [6.07, 6.45) is 3.94. The van der Waals surface area contributed by atoms with Gasteiger partial charge in [-0.25, -0.2) is 0 Å². The van der Waals surface area contributed by atoms with Crippen molar-refractivity contribution >= 4 is 11.8 Å². The van der Waals surface area contributed by atoms with Gasteiger partial charge >= 0.3 is 5.97 Å². The first-order valence-electron chi connectivity index (χ1n) is 6.39. The number of hydrogen-bond donors (Lipinski definition) is 2. The molecule has 0 aliphatic rings.